The molecule has 0 radical (unpaired) electrons. The summed E-state index contributed by atoms with van der Waals surface area (Å²) in [5.74, 6) is -0.443. The van der Waals surface area contributed by atoms with E-state index in [0.29, 0.717) is 16.9 Å². The molecule has 0 saturated heterocycles. The number of carbonyl (C=O) groups is 1. The van der Waals surface area contributed by atoms with Crippen molar-refractivity contribution in [3.63, 3.8) is 0 Å². The van der Waals surface area contributed by atoms with E-state index in [0.717, 1.165) is 5.56 Å². The average molecular weight is 442 g/mol. The molecule has 0 spiro atoms. The van der Waals surface area contributed by atoms with Gasteiger partial charge in [-0.25, -0.2) is 13.9 Å². The zero-order valence-corrected chi connectivity index (χ0v) is 18.2. The lowest BCUT2D eigenvalue weighted by atomic mass is 9.92. The Morgan fingerprint density at radius 2 is 1.84 bits per heavy atom. The average Bonchev–Trinajstić information content (AvgIpc) is 2.79. The summed E-state index contributed by atoms with van der Waals surface area (Å²) in [6, 6.07) is 9.37. The third-order valence-electron chi connectivity index (χ3n) is 5.20. The van der Waals surface area contributed by atoms with E-state index in [1.54, 1.807) is 43.9 Å². The predicted octanol–water partition coefficient (Wildman–Crippen LogP) is 2.83. The summed E-state index contributed by atoms with van der Waals surface area (Å²) in [6.45, 7) is 3.26. The van der Waals surface area contributed by atoms with E-state index in [9.17, 15) is 18.4 Å². The first-order valence-electron chi connectivity index (χ1n) is 9.36. The summed E-state index contributed by atoms with van der Waals surface area (Å²) < 4.78 is 32.3. The monoisotopic (exact) mass is 441 g/mol. The van der Waals surface area contributed by atoms with E-state index >= 15 is 0 Å². The third kappa shape index (κ3) is 4.10. The largest absolute Gasteiger partial charge is 0.497 e. The van der Waals surface area contributed by atoms with E-state index in [2.05, 4.69) is 4.98 Å². The molecule has 0 aliphatic rings. The number of sulfone groups is 1. The van der Waals surface area contributed by atoms with Crippen LogP contribution < -0.4 is 16.0 Å². The number of anilines is 1. The van der Waals surface area contributed by atoms with E-state index < -0.39 is 15.7 Å². The number of pyridine rings is 1. The number of nitrogens with one attached hydrogen (secondary N) is 1. The number of nitrogens with two attached hydrogens (primary N) is 1. The molecule has 3 aromatic rings. The van der Waals surface area contributed by atoms with Crippen LogP contribution in [-0.2, 0) is 16.3 Å². The van der Waals surface area contributed by atoms with E-state index in [1.165, 1.54) is 31.4 Å². The molecular weight excluding hydrogens is 418 g/mol. The summed E-state index contributed by atoms with van der Waals surface area (Å²) >= 11 is 0. The molecule has 0 unspecified atom stereocenters. The van der Waals surface area contributed by atoms with Crippen LogP contribution in [0.1, 0.15) is 32.6 Å². The fraction of sp³-hybridized carbons (Fsp3) is 0.182. The zero-order valence-electron chi connectivity index (χ0n) is 17.3. The lowest BCUT2D eigenvalue weighted by Gasteiger charge is -2.21. The van der Waals surface area contributed by atoms with Gasteiger partial charge < -0.3 is 10.5 Å². The molecule has 1 aromatic heterocycles. The number of carbonyl (C=O) groups excluding carboxylic acids is 1. The lowest BCUT2D eigenvalue weighted by Crippen LogP contribution is -2.26. The maximum Gasteiger partial charge on any atom is 0.276 e. The first kappa shape index (κ1) is 22.3. The van der Waals surface area contributed by atoms with Crippen LogP contribution >= 0.6 is 0 Å². The predicted molar refractivity (Wildman–Crippen MR) is 115 cm³/mol. The number of ether oxygens (including phenoxy) is 1. The van der Waals surface area contributed by atoms with Crippen molar-refractivity contribution in [3.8, 4) is 5.75 Å². The number of rotatable bonds is 6. The van der Waals surface area contributed by atoms with Crippen LogP contribution in [0.2, 0.25) is 0 Å². The molecule has 3 rings (SSSR count). The molecule has 0 fully saturated rings. The Morgan fingerprint density at radius 3 is 2.39 bits per heavy atom. The molecule has 9 heteroatoms. The van der Waals surface area contributed by atoms with Crippen LogP contribution in [0.3, 0.4) is 0 Å². The molecule has 2 aromatic carbocycles. The second-order valence-corrected chi connectivity index (χ2v) is 8.89. The van der Waals surface area contributed by atoms with Gasteiger partial charge in [-0.2, -0.15) is 0 Å². The Kier molecular flexibility index (Phi) is 6.28. The Bertz CT molecular complexity index is 1220. The number of nitrogens with zero attached hydrogens (tertiary/aromatic N) is 1. The molecule has 0 atom stereocenters. The summed E-state index contributed by atoms with van der Waals surface area (Å²) in [5, 5.41) is 9.40. The smallest absolute Gasteiger partial charge is 0.276 e. The number of nitrogen functional groups attached to an aromatic ring is 1. The highest BCUT2D eigenvalue weighted by Gasteiger charge is 2.32. The minimum Gasteiger partial charge on any atom is -0.497 e. The molecule has 162 valence electrons. The van der Waals surface area contributed by atoms with Crippen molar-refractivity contribution >= 4 is 21.4 Å². The van der Waals surface area contributed by atoms with Gasteiger partial charge in [-0.05, 0) is 66.4 Å². The van der Waals surface area contributed by atoms with Gasteiger partial charge in [0.15, 0.2) is 0 Å². The molecule has 0 bridgehead atoms. The number of hydrogen-bond donors (Lipinski definition) is 3. The van der Waals surface area contributed by atoms with Gasteiger partial charge in [-0.1, -0.05) is 6.07 Å². The number of aromatic nitrogens is 1. The molecule has 0 saturated carbocycles. The van der Waals surface area contributed by atoms with Gasteiger partial charge in [0, 0.05) is 24.5 Å². The highest BCUT2D eigenvalue weighted by atomic mass is 32.2. The van der Waals surface area contributed by atoms with E-state index in [-0.39, 0.29) is 33.0 Å². The van der Waals surface area contributed by atoms with E-state index in [1.807, 2.05) is 0 Å². The van der Waals surface area contributed by atoms with Gasteiger partial charge in [0.05, 0.1) is 22.5 Å². The summed E-state index contributed by atoms with van der Waals surface area (Å²) in [7, 11) is -2.68. The van der Waals surface area contributed by atoms with Crippen LogP contribution in [0.5, 0.6) is 5.75 Å². The Labute approximate surface area is 180 Å². The van der Waals surface area contributed by atoms with Gasteiger partial charge in [0.25, 0.3) is 5.91 Å². The zero-order chi connectivity index (χ0) is 22.8. The van der Waals surface area contributed by atoms with Gasteiger partial charge in [0.1, 0.15) is 5.75 Å². The van der Waals surface area contributed by atoms with Crippen molar-refractivity contribution < 1.29 is 23.2 Å². The fourth-order valence-corrected chi connectivity index (χ4v) is 5.24. The number of methoxy groups -OCH3 is 1. The third-order valence-corrected chi connectivity index (χ3v) is 7.14. The highest BCUT2D eigenvalue weighted by molar-refractivity contribution is 7.91. The minimum atomic E-state index is -4.16. The molecule has 8 nitrogen and oxygen atoms in total. The maximum atomic E-state index is 13.6. The SMILES string of the molecule is COc1ccc(S(=O)(=O)c2c(C)c(N)c(C)c(Cc3cccnc3)c2C(=O)NO)cc1. The Hall–Kier alpha value is -3.43. The molecule has 4 N–H and O–H groups in total. The Balaban J connectivity index is 2.34. The second-order valence-electron chi connectivity index (χ2n) is 7.00. The van der Waals surface area contributed by atoms with Gasteiger partial charge in [-0.15, -0.1) is 0 Å². The first-order chi connectivity index (χ1) is 14.7. The van der Waals surface area contributed by atoms with Crippen LogP contribution in [0.4, 0.5) is 5.69 Å². The van der Waals surface area contributed by atoms with Crippen molar-refractivity contribution in [2.24, 2.45) is 0 Å². The normalized spacial score (nSPS) is 11.2. The number of benzene rings is 2. The van der Waals surface area contributed by atoms with Crippen LogP contribution in [-0.4, -0.2) is 31.6 Å². The molecule has 0 aliphatic carbocycles. The van der Waals surface area contributed by atoms with Gasteiger partial charge >= 0.3 is 0 Å². The highest BCUT2D eigenvalue weighted by Crippen LogP contribution is 2.37. The molecule has 31 heavy (non-hydrogen) atoms. The standard InChI is InChI=1S/C22H23N3O5S/c1-13-18(11-15-5-4-10-24-12-15)19(22(26)25-27)21(14(2)20(13)23)31(28,29)17-8-6-16(30-3)7-9-17/h4-10,12,27H,11,23H2,1-3H3,(H,25,26). The molecule has 0 aliphatic heterocycles. The number of amides is 1. The summed E-state index contributed by atoms with van der Waals surface area (Å²) in [6.07, 6.45) is 3.44. The topological polar surface area (TPSA) is 132 Å². The molecular formula is C22H23N3O5S. The van der Waals surface area contributed by atoms with Crippen molar-refractivity contribution in [1.82, 2.24) is 10.5 Å². The van der Waals surface area contributed by atoms with E-state index in [4.69, 9.17) is 10.5 Å². The maximum absolute atomic E-state index is 13.6. The summed E-state index contributed by atoms with van der Waals surface area (Å²) in [5.41, 5.74) is 9.93. The van der Waals surface area contributed by atoms with Crippen molar-refractivity contribution in [1.29, 1.82) is 0 Å². The van der Waals surface area contributed by atoms with Crippen LogP contribution in [0.25, 0.3) is 0 Å². The van der Waals surface area contributed by atoms with Crippen LogP contribution in [0, 0.1) is 13.8 Å². The first-order valence-corrected chi connectivity index (χ1v) is 10.8. The molecule has 1 amide bonds. The lowest BCUT2D eigenvalue weighted by molar-refractivity contribution is 0.0701. The minimum absolute atomic E-state index is 0.0287. The number of hydrogen-bond acceptors (Lipinski definition) is 7. The van der Waals surface area contributed by atoms with Gasteiger partial charge in [-0.3, -0.25) is 15.0 Å². The van der Waals surface area contributed by atoms with Crippen molar-refractivity contribution in [2.75, 3.05) is 12.8 Å². The number of hydroxylamine groups is 1. The van der Waals surface area contributed by atoms with Crippen molar-refractivity contribution in [2.45, 2.75) is 30.1 Å². The summed E-state index contributed by atoms with van der Waals surface area (Å²) in [4.78, 5) is 16.5. The van der Waals surface area contributed by atoms with Crippen molar-refractivity contribution in [3.05, 3.63) is 76.6 Å². The fourth-order valence-electron chi connectivity index (χ4n) is 3.51. The second kappa shape index (κ2) is 8.75. The molecule has 1 heterocycles. The van der Waals surface area contributed by atoms with Gasteiger partial charge in [0.2, 0.25) is 9.84 Å². The Morgan fingerprint density at radius 1 is 1.16 bits per heavy atom. The van der Waals surface area contributed by atoms with Crippen LogP contribution in [0.15, 0.2) is 58.6 Å². The quantitative estimate of drug-likeness (QED) is 0.304.